The molecule has 1 fully saturated rings. The molecular weight excluding hydrogens is 348 g/mol. The first-order valence-corrected chi connectivity index (χ1v) is 11.3. The van der Waals surface area contributed by atoms with Gasteiger partial charge in [0, 0.05) is 31.1 Å². The van der Waals surface area contributed by atoms with E-state index < -0.39 is 10.0 Å². The topological polar surface area (TPSA) is 57.7 Å². The molecule has 0 bridgehead atoms. The molecule has 26 heavy (non-hydrogen) atoms. The molecule has 0 N–H and O–H groups in total. The highest BCUT2D eigenvalue weighted by molar-refractivity contribution is 7.88. The number of carbonyl (C=O) groups is 1. The van der Waals surface area contributed by atoms with Gasteiger partial charge in [0.1, 0.15) is 0 Å². The van der Waals surface area contributed by atoms with Crippen molar-refractivity contribution in [1.82, 2.24) is 9.21 Å². The normalized spacial score (nSPS) is 21.7. The van der Waals surface area contributed by atoms with Crippen molar-refractivity contribution in [2.24, 2.45) is 17.8 Å². The summed E-state index contributed by atoms with van der Waals surface area (Å²) >= 11 is 0. The largest absolute Gasteiger partial charge is 0.300 e. The molecule has 1 unspecified atom stereocenters. The number of benzene rings is 1. The minimum atomic E-state index is -3.27. The van der Waals surface area contributed by atoms with Crippen LogP contribution in [0.1, 0.15) is 43.6 Å². The van der Waals surface area contributed by atoms with Gasteiger partial charge in [-0.25, -0.2) is 12.7 Å². The number of hydrogen-bond acceptors (Lipinski definition) is 4. The number of sulfonamides is 1. The second-order valence-corrected chi connectivity index (χ2v) is 9.60. The fourth-order valence-electron chi connectivity index (χ4n) is 3.71. The van der Waals surface area contributed by atoms with Crippen LogP contribution in [0.15, 0.2) is 24.3 Å². The van der Waals surface area contributed by atoms with Crippen molar-refractivity contribution in [3.8, 4) is 0 Å². The third kappa shape index (κ3) is 4.93. The Bertz CT molecular complexity index is 709. The minimum absolute atomic E-state index is 0.0595. The van der Waals surface area contributed by atoms with E-state index in [-0.39, 0.29) is 23.5 Å². The smallest absolute Gasteiger partial charge is 0.211 e. The predicted molar refractivity (Wildman–Crippen MR) is 106 cm³/mol. The van der Waals surface area contributed by atoms with Gasteiger partial charge in [-0.15, -0.1) is 0 Å². The van der Waals surface area contributed by atoms with Crippen LogP contribution in [0, 0.1) is 17.8 Å². The molecule has 1 aromatic rings. The third-order valence-electron chi connectivity index (χ3n) is 5.53. The maximum absolute atomic E-state index is 13.0. The van der Waals surface area contributed by atoms with Crippen molar-refractivity contribution in [3.63, 3.8) is 0 Å². The van der Waals surface area contributed by atoms with Crippen LogP contribution in [0.25, 0.3) is 0 Å². The van der Waals surface area contributed by atoms with Gasteiger partial charge in [0.15, 0.2) is 5.78 Å². The SMILES string of the molecule is CCN(CC)Cc1ccc(C(=O)C2CN(S(C)(=O)=O)C[C@@H]2C(C)C)cc1. The van der Waals surface area contributed by atoms with Crippen molar-refractivity contribution < 1.29 is 13.2 Å². The lowest BCUT2D eigenvalue weighted by molar-refractivity contribution is 0.0883. The van der Waals surface area contributed by atoms with E-state index in [0.29, 0.717) is 18.7 Å². The molecule has 6 heteroatoms. The first-order valence-electron chi connectivity index (χ1n) is 9.48. The van der Waals surface area contributed by atoms with E-state index in [2.05, 4.69) is 32.6 Å². The number of nitrogens with zero attached hydrogens (tertiary/aromatic N) is 2. The number of hydrogen-bond donors (Lipinski definition) is 0. The van der Waals surface area contributed by atoms with E-state index in [4.69, 9.17) is 0 Å². The predicted octanol–water partition coefficient (Wildman–Crippen LogP) is 2.87. The van der Waals surface area contributed by atoms with Gasteiger partial charge in [-0.1, -0.05) is 52.0 Å². The van der Waals surface area contributed by atoms with Gasteiger partial charge in [0.2, 0.25) is 10.0 Å². The molecule has 5 nitrogen and oxygen atoms in total. The van der Waals surface area contributed by atoms with Crippen molar-refractivity contribution in [2.45, 2.75) is 34.2 Å². The Morgan fingerprint density at radius 3 is 2.19 bits per heavy atom. The molecule has 1 aliphatic heterocycles. The standard InChI is InChI=1S/C20H32N2O3S/c1-6-21(7-2)12-16-8-10-17(11-9-16)20(23)19-14-22(26(5,24)25)13-18(19)15(3)4/h8-11,15,18-19H,6-7,12-14H2,1-5H3/t18-,19?/m1/s1. The van der Waals surface area contributed by atoms with E-state index in [1.807, 2.05) is 24.3 Å². The molecule has 0 aliphatic carbocycles. The molecule has 146 valence electrons. The van der Waals surface area contributed by atoms with Crippen LogP contribution in [-0.2, 0) is 16.6 Å². The highest BCUT2D eigenvalue weighted by Gasteiger charge is 2.42. The Labute approximate surface area is 158 Å². The van der Waals surface area contributed by atoms with E-state index in [1.165, 1.54) is 16.1 Å². The lowest BCUT2D eigenvalue weighted by atomic mass is 9.81. The zero-order valence-corrected chi connectivity index (χ0v) is 17.4. The minimum Gasteiger partial charge on any atom is -0.300 e. The zero-order valence-electron chi connectivity index (χ0n) is 16.6. The van der Waals surface area contributed by atoms with Crippen molar-refractivity contribution in [3.05, 3.63) is 35.4 Å². The van der Waals surface area contributed by atoms with Gasteiger partial charge < -0.3 is 0 Å². The molecular formula is C20H32N2O3S. The third-order valence-corrected chi connectivity index (χ3v) is 6.77. The van der Waals surface area contributed by atoms with Crippen LogP contribution < -0.4 is 0 Å². The van der Waals surface area contributed by atoms with Crippen LogP contribution in [-0.4, -0.2) is 55.8 Å². The molecule has 1 aliphatic rings. The van der Waals surface area contributed by atoms with E-state index >= 15 is 0 Å². The van der Waals surface area contributed by atoms with E-state index in [0.717, 1.165) is 19.6 Å². The van der Waals surface area contributed by atoms with Crippen molar-refractivity contribution in [2.75, 3.05) is 32.4 Å². The number of ketones is 1. The molecule has 1 heterocycles. The van der Waals surface area contributed by atoms with E-state index in [1.54, 1.807) is 0 Å². The fraction of sp³-hybridized carbons (Fsp3) is 0.650. The van der Waals surface area contributed by atoms with Gasteiger partial charge in [0.25, 0.3) is 0 Å². The molecule has 0 saturated carbocycles. The average Bonchev–Trinajstić information content (AvgIpc) is 3.05. The molecule has 0 radical (unpaired) electrons. The summed E-state index contributed by atoms with van der Waals surface area (Å²) in [5, 5.41) is 0. The Kier molecular flexibility index (Phi) is 6.99. The quantitative estimate of drug-likeness (QED) is 0.651. The summed E-state index contributed by atoms with van der Waals surface area (Å²) in [5.41, 5.74) is 1.87. The lowest BCUT2D eigenvalue weighted by Crippen LogP contribution is -2.28. The summed E-state index contributed by atoms with van der Waals surface area (Å²) in [4.78, 5) is 15.4. The monoisotopic (exact) mass is 380 g/mol. The molecule has 0 spiro atoms. The van der Waals surface area contributed by atoms with Crippen LogP contribution >= 0.6 is 0 Å². The second-order valence-electron chi connectivity index (χ2n) is 7.62. The molecule has 2 atom stereocenters. The van der Waals surface area contributed by atoms with Crippen molar-refractivity contribution in [1.29, 1.82) is 0 Å². The highest BCUT2D eigenvalue weighted by Crippen LogP contribution is 2.33. The Balaban J connectivity index is 2.16. The first kappa shape index (κ1) is 21.1. The van der Waals surface area contributed by atoms with Gasteiger partial charge in [-0.05, 0) is 30.5 Å². The Morgan fingerprint density at radius 2 is 1.73 bits per heavy atom. The molecule has 1 saturated heterocycles. The molecule has 1 aromatic carbocycles. The van der Waals surface area contributed by atoms with Crippen molar-refractivity contribution >= 4 is 15.8 Å². The highest BCUT2D eigenvalue weighted by atomic mass is 32.2. The average molecular weight is 381 g/mol. The van der Waals surface area contributed by atoms with Crippen LogP contribution in [0.5, 0.6) is 0 Å². The van der Waals surface area contributed by atoms with Gasteiger partial charge >= 0.3 is 0 Å². The Morgan fingerprint density at radius 1 is 1.15 bits per heavy atom. The number of rotatable bonds is 8. The number of carbonyl (C=O) groups excluding carboxylic acids is 1. The van der Waals surface area contributed by atoms with E-state index in [9.17, 15) is 13.2 Å². The molecule has 0 amide bonds. The van der Waals surface area contributed by atoms with Gasteiger partial charge in [0.05, 0.1) is 6.26 Å². The summed E-state index contributed by atoms with van der Waals surface area (Å²) < 4.78 is 25.3. The van der Waals surface area contributed by atoms with Gasteiger partial charge in [-0.3, -0.25) is 9.69 Å². The zero-order chi connectivity index (χ0) is 19.5. The summed E-state index contributed by atoms with van der Waals surface area (Å²) in [6.45, 7) is 12.0. The summed E-state index contributed by atoms with van der Waals surface area (Å²) in [6.07, 6.45) is 1.22. The maximum Gasteiger partial charge on any atom is 0.211 e. The molecule has 2 rings (SSSR count). The Hall–Kier alpha value is -1.24. The summed E-state index contributed by atoms with van der Waals surface area (Å²) in [5.74, 6) is 0.118. The maximum atomic E-state index is 13.0. The van der Waals surface area contributed by atoms with Crippen LogP contribution in [0.3, 0.4) is 0 Å². The van der Waals surface area contributed by atoms with Gasteiger partial charge in [-0.2, -0.15) is 0 Å². The summed E-state index contributed by atoms with van der Waals surface area (Å²) in [6, 6.07) is 7.81. The van der Waals surface area contributed by atoms with Crippen LogP contribution in [0.4, 0.5) is 0 Å². The molecule has 0 aromatic heterocycles. The number of Topliss-reactive ketones (excluding diaryl/α,β-unsaturated/α-hetero) is 1. The van der Waals surface area contributed by atoms with Crippen LogP contribution in [0.2, 0.25) is 0 Å². The first-order chi connectivity index (χ1) is 12.2. The lowest BCUT2D eigenvalue weighted by Gasteiger charge is -2.21. The second kappa shape index (κ2) is 8.63. The summed E-state index contributed by atoms with van der Waals surface area (Å²) in [7, 11) is -3.27. The fourth-order valence-corrected chi connectivity index (χ4v) is 4.58.